The Kier molecular flexibility index (Phi) is 6.96. The van der Waals surface area contributed by atoms with Crippen LogP contribution in [0.2, 0.25) is 0 Å². The van der Waals surface area contributed by atoms with Gasteiger partial charge in [0.25, 0.3) is 0 Å². The van der Waals surface area contributed by atoms with E-state index in [2.05, 4.69) is 19.2 Å². The zero-order valence-corrected chi connectivity index (χ0v) is 12.1. The minimum absolute atomic E-state index is 0. The van der Waals surface area contributed by atoms with Crippen LogP contribution >= 0.6 is 12.4 Å². The number of benzene rings is 1. The molecule has 0 fully saturated rings. The van der Waals surface area contributed by atoms with E-state index in [0.29, 0.717) is 0 Å². The molecule has 0 aliphatic carbocycles. The smallest absolute Gasteiger partial charge is 0.244 e. The lowest BCUT2D eigenvalue weighted by Gasteiger charge is -2.27. The summed E-state index contributed by atoms with van der Waals surface area (Å²) < 4.78 is 0. The van der Waals surface area contributed by atoms with E-state index >= 15 is 0 Å². The number of halogens is 1. The van der Waals surface area contributed by atoms with E-state index < -0.39 is 5.54 Å². The summed E-state index contributed by atoms with van der Waals surface area (Å²) in [5.41, 5.74) is 6.00. The third-order valence-electron chi connectivity index (χ3n) is 3.17. The lowest BCUT2D eigenvalue weighted by molar-refractivity contribution is -0.126. The number of rotatable bonds is 5. The van der Waals surface area contributed by atoms with Crippen molar-refractivity contribution < 1.29 is 4.79 Å². The summed E-state index contributed by atoms with van der Waals surface area (Å²) >= 11 is 0. The van der Waals surface area contributed by atoms with Crippen LogP contribution in [0.4, 0.5) is 0 Å². The first-order valence-corrected chi connectivity index (χ1v) is 6.17. The first-order valence-electron chi connectivity index (χ1n) is 6.17. The van der Waals surface area contributed by atoms with Crippen LogP contribution in [0.25, 0.3) is 0 Å². The minimum atomic E-state index is -0.968. The average Bonchev–Trinajstić information content (AvgIpc) is 2.36. The van der Waals surface area contributed by atoms with E-state index in [1.54, 1.807) is 6.92 Å². The molecule has 4 heteroatoms. The van der Waals surface area contributed by atoms with E-state index in [0.717, 1.165) is 18.4 Å². The Labute approximate surface area is 116 Å². The number of carbonyl (C=O) groups is 1. The van der Waals surface area contributed by atoms with E-state index in [1.807, 2.05) is 30.3 Å². The average molecular weight is 271 g/mol. The molecule has 1 aromatic rings. The monoisotopic (exact) mass is 270 g/mol. The highest BCUT2D eigenvalue weighted by molar-refractivity contribution is 5.87. The summed E-state index contributed by atoms with van der Waals surface area (Å²) in [5.74, 6) is -0.114. The molecule has 0 saturated carbocycles. The molecule has 3 nitrogen and oxygen atoms in total. The number of amides is 1. The molecule has 0 aliphatic rings. The van der Waals surface area contributed by atoms with Crippen molar-refractivity contribution in [1.82, 2.24) is 5.32 Å². The summed E-state index contributed by atoms with van der Waals surface area (Å²) in [5, 5.41) is 2.99. The zero-order chi connectivity index (χ0) is 12.9. The fourth-order valence-corrected chi connectivity index (χ4v) is 1.74. The second-order valence-corrected chi connectivity index (χ2v) is 4.56. The Morgan fingerprint density at radius 1 is 1.28 bits per heavy atom. The molecule has 0 bridgehead atoms. The van der Waals surface area contributed by atoms with Gasteiger partial charge in [-0.15, -0.1) is 12.4 Å². The number of carbonyl (C=O) groups excluding carboxylic acids is 1. The SMILES string of the molecule is CCC(CC)NC(=O)C(C)(N)c1ccccc1.Cl. The number of hydrogen-bond acceptors (Lipinski definition) is 2. The highest BCUT2D eigenvalue weighted by Crippen LogP contribution is 2.17. The van der Waals surface area contributed by atoms with Crippen LogP contribution in [0.15, 0.2) is 30.3 Å². The van der Waals surface area contributed by atoms with Crippen molar-refractivity contribution in [2.45, 2.75) is 45.2 Å². The Morgan fingerprint density at radius 3 is 2.22 bits per heavy atom. The van der Waals surface area contributed by atoms with Gasteiger partial charge in [-0.2, -0.15) is 0 Å². The Hall–Kier alpha value is -1.06. The van der Waals surface area contributed by atoms with Gasteiger partial charge in [0.15, 0.2) is 0 Å². The van der Waals surface area contributed by atoms with Gasteiger partial charge in [0.2, 0.25) is 5.91 Å². The summed E-state index contributed by atoms with van der Waals surface area (Å²) in [6.07, 6.45) is 1.85. The molecule has 0 aliphatic heterocycles. The van der Waals surface area contributed by atoms with Crippen molar-refractivity contribution in [3.63, 3.8) is 0 Å². The van der Waals surface area contributed by atoms with Crippen molar-refractivity contribution in [3.05, 3.63) is 35.9 Å². The van der Waals surface area contributed by atoms with Crippen LogP contribution in [-0.2, 0) is 10.3 Å². The number of hydrogen-bond donors (Lipinski definition) is 2. The standard InChI is InChI=1S/C14H22N2O.ClH/c1-4-12(5-2)16-13(17)14(3,15)11-9-7-6-8-10-11;/h6-10,12H,4-5,15H2,1-3H3,(H,16,17);1H. The fraction of sp³-hybridized carbons (Fsp3) is 0.500. The second-order valence-electron chi connectivity index (χ2n) is 4.56. The van der Waals surface area contributed by atoms with E-state index in [1.165, 1.54) is 0 Å². The third-order valence-corrected chi connectivity index (χ3v) is 3.17. The molecule has 0 radical (unpaired) electrons. The first kappa shape index (κ1) is 16.9. The molecule has 1 unspecified atom stereocenters. The van der Waals surface area contributed by atoms with Gasteiger partial charge in [0.05, 0.1) is 0 Å². The molecular weight excluding hydrogens is 248 g/mol. The highest BCUT2D eigenvalue weighted by atomic mass is 35.5. The van der Waals surface area contributed by atoms with E-state index in [9.17, 15) is 4.79 Å². The molecule has 0 heterocycles. The lowest BCUT2D eigenvalue weighted by atomic mass is 9.92. The van der Waals surface area contributed by atoms with Crippen LogP contribution in [0.5, 0.6) is 0 Å². The largest absolute Gasteiger partial charge is 0.351 e. The maximum Gasteiger partial charge on any atom is 0.244 e. The van der Waals surface area contributed by atoms with Gasteiger partial charge in [-0.25, -0.2) is 0 Å². The molecule has 1 atom stereocenters. The normalized spacial score (nSPS) is 13.6. The Bertz CT molecular complexity index is 361. The van der Waals surface area contributed by atoms with Crippen LogP contribution < -0.4 is 11.1 Å². The topological polar surface area (TPSA) is 55.1 Å². The number of nitrogens with two attached hydrogens (primary N) is 1. The molecule has 1 rings (SSSR count). The van der Waals surface area contributed by atoms with Crippen LogP contribution in [0.1, 0.15) is 39.2 Å². The molecule has 3 N–H and O–H groups in total. The van der Waals surface area contributed by atoms with Crippen molar-refractivity contribution in [2.24, 2.45) is 5.73 Å². The molecule has 0 aromatic heterocycles. The minimum Gasteiger partial charge on any atom is -0.351 e. The molecule has 1 amide bonds. The van der Waals surface area contributed by atoms with Crippen molar-refractivity contribution >= 4 is 18.3 Å². The van der Waals surface area contributed by atoms with E-state index in [4.69, 9.17) is 5.73 Å². The molecule has 102 valence electrons. The van der Waals surface area contributed by atoms with Crippen LogP contribution in [0, 0.1) is 0 Å². The van der Waals surface area contributed by atoms with Gasteiger partial charge >= 0.3 is 0 Å². The third kappa shape index (κ3) is 4.00. The molecule has 18 heavy (non-hydrogen) atoms. The van der Waals surface area contributed by atoms with Crippen LogP contribution in [-0.4, -0.2) is 11.9 Å². The second kappa shape index (κ2) is 7.39. The molecule has 1 aromatic carbocycles. The Morgan fingerprint density at radius 2 is 1.78 bits per heavy atom. The van der Waals surface area contributed by atoms with Crippen molar-refractivity contribution in [2.75, 3.05) is 0 Å². The van der Waals surface area contributed by atoms with Gasteiger partial charge in [0.1, 0.15) is 5.54 Å². The lowest BCUT2D eigenvalue weighted by Crippen LogP contribution is -2.51. The maximum atomic E-state index is 12.2. The summed E-state index contributed by atoms with van der Waals surface area (Å²) in [4.78, 5) is 12.2. The van der Waals surface area contributed by atoms with Crippen molar-refractivity contribution in [3.8, 4) is 0 Å². The molecular formula is C14H23ClN2O. The summed E-state index contributed by atoms with van der Waals surface area (Å²) in [6, 6.07) is 9.67. The maximum absolute atomic E-state index is 12.2. The van der Waals surface area contributed by atoms with Gasteiger partial charge in [-0.1, -0.05) is 44.2 Å². The van der Waals surface area contributed by atoms with Gasteiger partial charge in [0, 0.05) is 6.04 Å². The predicted octanol–water partition coefficient (Wildman–Crippen LogP) is 2.59. The van der Waals surface area contributed by atoms with Crippen LogP contribution in [0.3, 0.4) is 0 Å². The van der Waals surface area contributed by atoms with E-state index in [-0.39, 0.29) is 24.4 Å². The predicted molar refractivity (Wildman–Crippen MR) is 77.7 cm³/mol. The highest BCUT2D eigenvalue weighted by Gasteiger charge is 2.31. The molecule has 0 saturated heterocycles. The molecule has 0 spiro atoms. The zero-order valence-electron chi connectivity index (χ0n) is 11.3. The number of nitrogens with one attached hydrogen (secondary N) is 1. The quantitative estimate of drug-likeness (QED) is 0.864. The van der Waals surface area contributed by atoms with Gasteiger partial charge in [-0.05, 0) is 25.3 Å². The van der Waals surface area contributed by atoms with Crippen molar-refractivity contribution in [1.29, 1.82) is 0 Å². The Balaban J connectivity index is 0.00000289. The summed E-state index contributed by atoms with van der Waals surface area (Å²) in [7, 11) is 0. The summed E-state index contributed by atoms with van der Waals surface area (Å²) in [6.45, 7) is 5.87. The first-order chi connectivity index (χ1) is 8.02. The van der Waals surface area contributed by atoms with Gasteiger partial charge in [-0.3, -0.25) is 4.79 Å². The van der Waals surface area contributed by atoms with Gasteiger partial charge < -0.3 is 11.1 Å². The fourth-order valence-electron chi connectivity index (χ4n) is 1.74.